The van der Waals surface area contributed by atoms with Crippen molar-refractivity contribution in [1.82, 2.24) is 0 Å². The lowest BCUT2D eigenvalue weighted by Gasteiger charge is -1.67. The third-order valence-corrected chi connectivity index (χ3v) is 1.25. The maximum absolute atomic E-state index is 9.00. The van der Waals surface area contributed by atoms with Crippen LogP contribution in [0.2, 0.25) is 0 Å². The van der Waals surface area contributed by atoms with Crippen LogP contribution in [0.3, 0.4) is 0 Å². The average Bonchev–Trinajstić information content (AvgIpc) is 2.35. The molecule has 0 heterocycles. The van der Waals surface area contributed by atoms with E-state index in [-0.39, 0.29) is 0 Å². The molecule has 8 N–H and O–H groups in total. The van der Waals surface area contributed by atoms with Gasteiger partial charge in [0.25, 0.3) is 0 Å². The van der Waals surface area contributed by atoms with Crippen molar-refractivity contribution in [2.45, 2.75) is 32.1 Å². The number of amides is 4. The van der Waals surface area contributed by atoms with Crippen LogP contribution in [-0.2, 0) is 0 Å². The number of carbonyl (C=O) groups excluding carboxylic acids is 2. The molecule has 78 valence electrons. The van der Waals surface area contributed by atoms with Crippen LogP contribution in [0.1, 0.15) is 32.1 Å². The van der Waals surface area contributed by atoms with E-state index in [1.165, 1.54) is 32.1 Å². The maximum atomic E-state index is 9.00. The molecule has 0 saturated heterocycles. The molecule has 4 amide bonds. The topological polar surface area (TPSA) is 138 Å². The van der Waals surface area contributed by atoms with Crippen LogP contribution >= 0.6 is 0 Å². The molecule has 0 spiro atoms. The van der Waals surface area contributed by atoms with Crippen LogP contribution in [0.5, 0.6) is 0 Å². The van der Waals surface area contributed by atoms with Crippen molar-refractivity contribution in [3.8, 4) is 0 Å². The monoisotopic (exact) mass is 190 g/mol. The minimum absolute atomic E-state index is 0.833. The van der Waals surface area contributed by atoms with Crippen molar-refractivity contribution in [2.75, 3.05) is 0 Å². The normalized spacial score (nSPS) is 12.9. The molecule has 6 nitrogen and oxygen atoms in total. The molecule has 0 aliphatic heterocycles. The highest BCUT2D eigenvalue weighted by atomic mass is 16.2. The van der Waals surface area contributed by atoms with Gasteiger partial charge < -0.3 is 22.9 Å². The molecular weight excluding hydrogens is 172 g/mol. The van der Waals surface area contributed by atoms with Crippen LogP contribution in [0.4, 0.5) is 9.59 Å². The second kappa shape index (κ2) is 10.5. The molecular formula is C7H18N4O2. The molecule has 1 aliphatic rings. The summed E-state index contributed by atoms with van der Waals surface area (Å²) in [7, 11) is 0. The average molecular weight is 190 g/mol. The summed E-state index contributed by atoms with van der Waals surface area (Å²) in [5, 5.41) is 0. The molecule has 0 aromatic rings. The highest BCUT2D eigenvalue weighted by Gasteiger charge is 1.95. The number of hydrogen-bond acceptors (Lipinski definition) is 2. The fourth-order valence-electron chi connectivity index (χ4n) is 0.884. The summed E-state index contributed by atoms with van der Waals surface area (Å²) in [6.45, 7) is 0. The lowest BCUT2D eigenvalue weighted by Crippen LogP contribution is -2.18. The van der Waals surface area contributed by atoms with Gasteiger partial charge in [0.15, 0.2) is 0 Å². The summed E-state index contributed by atoms with van der Waals surface area (Å²) < 4.78 is 0. The highest BCUT2D eigenvalue weighted by molar-refractivity contribution is 5.69. The Morgan fingerprint density at radius 2 is 0.692 bits per heavy atom. The van der Waals surface area contributed by atoms with Gasteiger partial charge in [0.05, 0.1) is 0 Å². The highest BCUT2D eigenvalue weighted by Crippen LogP contribution is 2.15. The first-order valence-corrected chi connectivity index (χ1v) is 4.06. The van der Waals surface area contributed by atoms with Crippen LogP contribution in [0, 0.1) is 0 Å². The molecule has 0 atom stereocenters. The molecule has 0 unspecified atom stereocenters. The Hall–Kier alpha value is -1.46. The Morgan fingerprint density at radius 3 is 0.769 bits per heavy atom. The van der Waals surface area contributed by atoms with Crippen LogP contribution in [0.15, 0.2) is 0 Å². The summed E-state index contributed by atoms with van der Waals surface area (Å²) in [5.74, 6) is 0. The van der Waals surface area contributed by atoms with Gasteiger partial charge in [0.1, 0.15) is 0 Å². The summed E-state index contributed by atoms with van der Waals surface area (Å²) in [4.78, 5) is 18.0. The summed E-state index contributed by atoms with van der Waals surface area (Å²) in [5.41, 5.74) is 17.0. The van der Waals surface area contributed by atoms with E-state index in [4.69, 9.17) is 9.59 Å². The first-order valence-electron chi connectivity index (χ1n) is 4.06. The third kappa shape index (κ3) is 61.3. The molecule has 1 saturated carbocycles. The van der Waals surface area contributed by atoms with Gasteiger partial charge in [-0.2, -0.15) is 0 Å². The molecule has 1 fully saturated rings. The number of carbonyl (C=O) groups is 2. The van der Waals surface area contributed by atoms with Crippen molar-refractivity contribution < 1.29 is 9.59 Å². The van der Waals surface area contributed by atoms with Gasteiger partial charge in [-0.25, -0.2) is 9.59 Å². The third-order valence-electron chi connectivity index (χ3n) is 1.25. The van der Waals surface area contributed by atoms with Crippen molar-refractivity contribution in [3.63, 3.8) is 0 Å². The standard InChI is InChI=1S/C5H10.2CH4N2O/c1-2-4-5-3-1;2*2-1(3)4/h1-5H2;2*(H4,2,3,4). The fraction of sp³-hybridized carbons (Fsp3) is 0.714. The van der Waals surface area contributed by atoms with E-state index in [1.807, 2.05) is 0 Å². The molecule has 0 bridgehead atoms. The Kier molecular flexibility index (Phi) is 11.4. The summed E-state index contributed by atoms with van der Waals surface area (Å²) in [6.07, 6.45) is 7.50. The lowest BCUT2D eigenvalue weighted by atomic mass is 10.4. The second-order valence-corrected chi connectivity index (χ2v) is 2.57. The molecule has 0 radical (unpaired) electrons. The minimum atomic E-state index is -0.833. The van der Waals surface area contributed by atoms with E-state index in [9.17, 15) is 0 Å². The van der Waals surface area contributed by atoms with E-state index in [0.29, 0.717) is 0 Å². The zero-order valence-corrected chi connectivity index (χ0v) is 7.66. The Labute approximate surface area is 77.6 Å². The van der Waals surface area contributed by atoms with Gasteiger partial charge in [-0.3, -0.25) is 0 Å². The number of hydrogen-bond donors (Lipinski definition) is 4. The van der Waals surface area contributed by atoms with Gasteiger partial charge >= 0.3 is 12.1 Å². The smallest absolute Gasteiger partial charge is 0.309 e. The summed E-state index contributed by atoms with van der Waals surface area (Å²) in [6, 6.07) is -1.67. The Morgan fingerprint density at radius 1 is 0.615 bits per heavy atom. The van der Waals surface area contributed by atoms with Crippen LogP contribution in [-0.4, -0.2) is 12.1 Å². The number of urea groups is 2. The van der Waals surface area contributed by atoms with Crippen molar-refractivity contribution in [1.29, 1.82) is 0 Å². The predicted octanol–water partition coefficient (Wildman–Crippen LogP) is -0.00190. The molecule has 1 rings (SSSR count). The van der Waals surface area contributed by atoms with Gasteiger partial charge in [-0.15, -0.1) is 0 Å². The second-order valence-electron chi connectivity index (χ2n) is 2.57. The van der Waals surface area contributed by atoms with E-state index < -0.39 is 12.1 Å². The minimum Gasteiger partial charge on any atom is -0.352 e. The number of nitrogens with two attached hydrogens (primary N) is 4. The molecule has 0 aromatic carbocycles. The van der Waals surface area contributed by atoms with E-state index >= 15 is 0 Å². The van der Waals surface area contributed by atoms with E-state index in [2.05, 4.69) is 22.9 Å². The van der Waals surface area contributed by atoms with Gasteiger partial charge in [-0.1, -0.05) is 32.1 Å². The van der Waals surface area contributed by atoms with Gasteiger partial charge in [-0.05, 0) is 0 Å². The molecule has 0 aromatic heterocycles. The summed E-state index contributed by atoms with van der Waals surface area (Å²) >= 11 is 0. The first-order chi connectivity index (χ1) is 5.96. The predicted molar refractivity (Wildman–Crippen MR) is 50.6 cm³/mol. The van der Waals surface area contributed by atoms with E-state index in [0.717, 1.165) is 0 Å². The fourth-order valence-corrected chi connectivity index (χ4v) is 0.884. The number of rotatable bonds is 0. The van der Waals surface area contributed by atoms with Crippen molar-refractivity contribution in [3.05, 3.63) is 0 Å². The SMILES string of the molecule is C1CCCC1.NC(N)=O.NC(N)=O. The maximum Gasteiger partial charge on any atom is 0.309 e. The molecule has 1 aliphatic carbocycles. The lowest BCUT2D eigenvalue weighted by molar-refractivity contribution is 0.255. The first kappa shape index (κ1) is 14.1. The number of primary amides is 4. The van der Waals surface area contributed by atoms with Gasteiger partial charge in [0.2, 0.25) is 0 Å². The van der Waals surface area contributed by atoms with Crippen molar-refractivity contribution in [2.24, 2.45) is 22.9 Å². The zero-order valence-electron chi connectivity index (χ0n) is 7.66. The Balaban J connectivity index is 0. The Bertz CT molecular complexity index is 118. The van der Waals surface area contributed by atoms with Crippen LogP contribution in [0.25, 0.3) is 0 Å². The van der Waals surface area contributed by atoms with Crippen molar-refractivity contribution >= 4 is 12.1 Å². The quantitative estimate of drug-likeness (QED) is 0.427. The zero-order chi connectivity index (χ0) is 10.7. The van der Waals surface area contributed by atoms with E-state index in [1.54, 1.807) is 0 Å². The van der Waals surface area contributed by atoms with Crippen LogP contribution < -0.4 is 22.9 Å². The largest absolute Gasteiger partial charge is 0.352 e. The molecule has 13 heavy (non-hydrogen) atoms. The molecule has 6 heteroatoms. The van der Waals surface area contributed by atoms with Gasteiger partial charge in [0, 0.05) is 0 Å².